The topological polar surface area (TPSA) is 135 Å². The van der Waals surface area contributed by atoms with Gasteiger partial charge in [0.25, 0.3) is 0 Å². The Labute approximate surface area is 287 Å². The lowest BCUT2D eigenvalue weighted by Gasteiger charge is -2.27. The highest BCUT2D eigenvalue weighted by Gasteiger charge is 2.26. The van der Waals surface area contributed by atoms with Gasteiger partial charge in [0.05, 0.1) is 19.6 Å². The molecule has 2 amide bonds. The number of anilines is 1. The van der Waals surface area contributed by atoms with Crippen LogP contribution in [-0.4, -0.2) is 59.1 Å². The third kappa shape index (κ3) is 10.1. The summed E-state index contributed by atoms with van der Waals surface area (Å²) in [4.78, 5) is 57.3. The summed E-state index contributed by atoms with van der Waals surface area (Å²) in [5.74, 6) is -0.835. The average Bonchev–Trinajstić information content (AvgIpc) is 3.05. The van der Waals surface area contributed by atoms with Crippen molar-refractivity contribution in [2.75, 3.05) is 18.6 Å². The van der Waals surface area contributed by atoms with Crippen LogP contribution >= 0.6 is 0 Å². The summed E-state index contributed by atoms with van der Waals surface area (Å²) in [6.07, 6.45) is 1.45. The van der Waals surface area contributed by atoms with E-state index in [9.17, 15) is 24.3 Å². The van der Waals surface area contributed by atoms with Gasteiger partial charge >= 0.3 is 12.1 Å². The van der Waals surface area contributed by atoms with Gasteiger partial charge in [-0.05, 0) is 86.9 Å². The highest BCUT2D eigenvalue weighted by molar-refractivity contribution is 6.00. The van der Waals surface area contributed by atoms with Crippen LogP contribution in [0.25, 0.3) is 21.9 Å². The van der Waals surface area contributed by atoms with Gasteiger partial charge in [-0.3, -0.25) is 19.3 Å². The zero-order valence-electron chi connectivity index (χ0n) is 29.0. The Morgan fingerprint density at radius 1 is 0.939 bits per heavy atom. The normalized spacial score (nSPS) is 12.5. The molecule has 0 aliphatic rings. The number of aromatic nitrogens is 1. The Hall–Kier alpha value is -5.25. The number of nitrogens with zero attached hydrogens (tertiary/aromatic N) is 2. The number of carbonyl (C=O) groups is 4. The molecule has 0 radical (unpaired) electrons. The van der Waals surface area contributed by atoms with Crippen LogP contribution < -0.4 is 10.2 Å². The summed E-state index contributed by atoms with van der Waals surface area (Å²) < 4.78 is 10.5. The summed E-state index contributed by atoms with van der Waals surface area (Å²) in [5, 5.41) is 14.7. The van der Waals surface area contributed by atoms with Gasteiger partial charge in [0.1, 0.15) is 17.2 Å². The van der Waals surface area contributed by atoms with Crippen LogP contribution in [0.4, 0.5) is 10.6 Å². The number of hydrogen-bond donors (Lipinski definition) is 2. The molecule has 10 nitrogen and oxygen atoms in total. The van der Waals surface area contributed by atoms with Crippen molar-refractivity contribution < 1.29 is 33.8 Å². The first-order valence-corrected chi connectivity index (χ1v) is 16.4. The first-order valence-electron chi connectivity index (χ1n) is 16.4. The second-order valence-electron chi connectivity index (χ2n) is 13.2. The van der Waals surface area contributed by atoms with E-state index in [1.54, 1.807) is 46.0 Å². The molecule has 4 rings (SSSR count). The lowest BCUT2D eigenvalue weighted by Crippen LogP contribution is -2.40. The number of benzene rings is 3. The molecule has 0 fully saturated rings. The second-order valence-corrected chi connectivity index (χ2v) is 13.2. The van der Waals surface area contributed by atoms with Crippen molar-refractivity contribution in [3.05, 3.63) is 90.1 Å². The average molecular weight is 668 g/mol. The van der Waals surface area contributed by atoms with E-state index in [0.717, 1.165) is 33.0 Å². The highest BCUT2D eigenvalue weighted by atomic mass is 16.6. The number of carbonyl (C=O) groups excluding carboxylic acids is 4. The van der Waals surface area contributed by atoms with Crippen LogP contribution in [0.1, 0.15) is 70.4 Å². The molecule has 3 aromatic carbocycles. The molecule has 1 aromatic heterocycles. The van der Waals surface area contributed by atoms with E-state index in [4.69, 9.17) is 9.47 Å². The van der Waals surface area contributed by atoms with Crippen LogP contribution in [-0.2, 0) is 23.9 Å². The number of aromatic hydroxyl groups is 1. The molecule has 258 valence electrons. The second kappa shape index (κ2) is 16.2. The number of phenolic OH excluding ortho intramolecular Hbond substituents is 1. The number of pyridine rings is 1. The minimum absolute atomic E-state index is 0.00209. The number of ketones is 1. The largest absolute Gasteiger partial charge is 0.507 e. The van der Waals surface area contributed by atoms with E-state index in [-0.39, 0.29) is 43.2 Å². The molecule has 1 heterocycles. The van der Waals surface area contributed by atoms with Gasteiger partial charge in [0, 0.05) is 36.9 Å². The molecule has 0 aliphatic carbocycles. The first-order chi connectivity index (χ1) is 23.3. The van der Waals surface area contributed by atoms with Crippen molar-refractivity contribution in [2.45, 2.75) is 77.9 Å². The van der Waals surface area contributed by atoms with Crippen molar-refractivity contribution in [1.29, 1.82) is 0 Å². The predicted molar refractivity (Wildman–Crippen MR) is 189 cm³/mol. The fourth-order valence-electron chi connectivity index (χ4n) is 5.56. The number of nitrogens with one attached hydrogen (secondary N) is 1. The SMILES string of the molecule is COC(=O)C[C@H](CC(=O)[C@H](C)NC(=O)CCCN(C(=O)OC(C)(C)C)c1cc(C)ccn1)c1ccc(-c2ccc(O)c3ccccc23)cc1. The predicted octanol–water partition coefficient (Wildman–Crippen LogP) is 7.25. The number of methoxy groups -OCH3 is 1. The molecule has 0 aliphatic heterocycles. The smallest absolute Gasteiger partial charge is 0.416 e. The number of ether oxygens (including phenoxy) is 2. The molecular formula is C39H45N3O7. The van der Waals surface area contributed by atoms with Crippen molar-refractivity contribution in [3.63, 3.8) is 0 Å². The number of phenols is 1. The fraction of sp³-hybridized carbons (Fsp3) is 0.359. The summed E-state index contributed by atoms with van der Waals surface area (Å²) in [5.41, 5.74) is 2.88. The van der Waals surface area contributed by atoms with Crippen LogP contribution in [0.15, 0.2) is 79.0 Å². The quantitative estimate of drug-likeness (QED) is 0.142. The molecule has 2 atom stereocenters. The molecule has 0 spiro atoms. The van der Waals surface area contributed by atoms with Crippen molar-refractivity contribution >= 4 is 40.3 Å². The van der Waals surface area contributed by atoms with E-state index in [1.807, 2.05) is 67.6 Å². The zero-order valence-corrected chi connectivity index (χ0v) is 29.0. The highest BCUT2D eigenvalue weighted by Crippen LogP contribution is 2.35. The molecule has 2 N–H and O–H groups in total. The van der Waals surface area contributed by atoms with Crippen molar-refractivity contribution in [3.8, 4) is 16.9 Å². The van der Waals surface area contributed by atoms with Crippen LogP contribution in [0, 0.1) is 6.92 Å². The van der Waals surface area contributed by atoms with Gasteiger partial charge in [-0.2, -0.15) is 0 Å². The third-order valence-electron chi connectivity index (χ3n) is 8.12. The maximum Gasteiger partial charge on any atom is 0.416 e. The monoisotopic (exact) mass is 667 g/mol. The van der Waals surface area contributed by atoms with E-state index >= 15 is 0 Å². The molecule has 0 saturated heterocycles. The Morgan fingerprint density at radius 3 is 2.29 bits per heavy atom. The lowest BCUT2D eigenvalue weighted by molar-refractivity contribution is -0.141. The Kier molecular flexibility index (Phi) is 12.1. The minimum Gasteiger partial charge on any atom is -0.507 e. The molecular weight excluding hydrogens is 622 g/mol. The summed E-state index contributed by atoms with van der Waals surface area (Å²) >= 11 is 0. The number of fused-ring (bicyclic) bond motifs is 1. The maximum absolute atomic E-state index is 13.4. The van der Waals surface area contributed by atoms with Gasteiger partial charge in [0.2, 0.25) is 5.91 Å². The molecule has 4 aromatic rings. The van der Waals surface area contributed by atoms with Crippen molar-refractivity contribution in [1.82, 2.24) is 10.3 Å². The summed E-state index contributed by atoms with van der Waals surface area (Å²) in [7, 11) is 1.31. The maximum atomic E-state index is 13.4. The van der Waals surface area contributed by atoms with Gasteiger partial charge < -0.3 is 19.9 Å². The van der Waals surface area contributed by atoms with E-state index in [2.05, 4.69) is 10.3 Å². The Balaban J connectivity index is 1.39. The van der Waals surface area contributed by atoms with Gasteiger partial charge in [-0.25, -0.2) is 9.78 Å². The molecule has 0 saturated carbocycles. The molecule has 49 heavy (non-hydrogen) atoms. The van der Waals surface area contributed by atoms with E-state index in [0.29, 0.717) is 12.2 Å². The van der Waals surface area contributed by atoms with Crippen LogP contribution in [0.3, 0.4) is 0 Å². The zero-order chi connectivity index (χ0) is 35.7. The Bertz CT molecular complexity index is 1800. The number of esters is 1. The van der Waals surface area contributed by atoms with Gasteiger partial charge in [-0.15, -0.1) is 0 Å². The molecule has 10 heteroatoms. The number of aryl methyl sites for hydroxylation is 1. The van der Waals surface area contributed by atoms with E-state index < -0.39 is 29.6 Å². The van der Waals surface area contributed by atoms with Crippen molar-refractivity contribution in [2.24, 2.45) is 0 Å². The van der Waals surface area contributed by atoms with Crippen LogP contribution in [0.5, 0.6) is 5.75 Å². The molecule has 0 bridgehead atoms. The Morgan fingerprint density at radius 2 is 1.63 bits per heavy atom. The summed E-state index contributed by atoms with van der Waals surface area (Å²) in [6, 6.07) is 21.6. The fourth-order valence-corrected chi connectivity index (χ4v) is 5.56. The standard InChI is InChI=1S/C39H45N3O7/c1-25-19-20-40-35(22-25)42(38(47)49-39(3,4)5)21-9-12-36(45)41-26(2)34(44)23-29(24-37(46)48-6)27-13-15-28(16-14-27)30-17-18-33(43)32-11-8-7-10-31(30)32/h7-8,10-11,13-20,22,26,29,43H,9,12,21,23-24H2,1-6H3,(H,41,45)/t26-,29-/m0/s1. The lowest BCUT2D eigenvalue weighted by atomic mass is 9.87. The van der Waals surface area contributed by atoms with Gasteiger partial charge in [0.15, 0.2) is 5.78 Å². The van der Waals surface area contributed by atoms with Gasteiger partial charge in [-0.1, -0.05) is 54.6 Å². The minimum atomic E-state index is -0.796. The number of amides is 2. The summed E-state index contributed by atoms with van der Waals surface area (Å²) in [6.45, 7) is 9.05. The molecule has 0 unspecified atom stereocenters. The number of rotatable bonds is 13. The number of hydrogen-bond acceptors (Lipinski definition) is 8. The number of Topliss-reactive ketones (excluding diaryl/α,β-unsaturated/α-hetero) is 1. The third-order valence-corrected chi connectivity index (χ3v) is 8.12. The van der Waals surface area contributed by atoms with E-state index in [1.165, 1.54) is 12.0 Å². The first kappa shape index (κ1) is 36.6. The van der Waals surface area contributed by atoms with Crippen LogP contribution in [0.2, 0.25) is 0 Å².